The molecule has 1 saturated heterocycles. The van der Waals surface area contributed by atoms with E-state index in [0.29, 0.717) is 23.9 Å². The summed E-state index contributed by atoms with van der Waals surface area (Å²) in [6.07, 6.45) is -0.156. The summed E-state index contributed by atoms with van der Waals surface area (Å²) in [5, 5.41) is 5.06. The topological polar surface area (TPSA) is 90.7 Å². The largest absolute Gasteiger partial charge is 0.451 e. The van der Waals surface area contributed by atoms with Gasteiger partial charge in [0.25, 0.3) is 11.5 Å². The van der Waals surface area contributed by atoms with Crippen LogP contribution in [0.2, 0.25) is 0 Å². The molecular formula is C24H25N3O5. The third-order valence-corrected chi connectivity index (χ3v) is 5.34. The molecule has 2 atom stereocenters. The fourth-order valence-electron chi connectivity index (χ4n) is 3.92. The van der Waals surface area contributed by atoms with Gasteiger partial charge in [-0.3, -0.25) is 9.59 Å². The van der Waals surface area contributed by atoms with E-state index < -0.39 is 12.6 Å². The van der Waals surface area contributed by atoms with Gasteiger partial charge < -0.3 is 14.4 Å². The van der Waals surface area contributed by atoms with E-state index in [-0.39, 0.29) is 35.9 Å². The highest BCUT2D eigenvalue weighted by atomic mass is 16.5. The first-order valence-electron chi connectivity index (χ1n) is 10.6. The van der Waals surface area contributed by atoms with Gasteiger partial charge in [0.15, 0.2) is 12.3 Å². The summed E-state index contributed by atoms with van der Waals surface area (Å²) in [7, 11) is 0. The van der Waals surface area contributed by atoms with Gasteiger partial charge in [0.05, 0.1) is 24.1 Å². The second-order valence-corrected chi connectivity index (χ2v) is 7.97. The minimum absolute atomic E-state index is 0.00708. The summed E-state index contributed by atoms with van der Waals surface area (Å²) in [6, 6.07) is 16.1. The molecule has 0 spiro atoms. The normalized spacial score (nSPS) is 18.5. The first-order valence-corrected chi connectivity index (χ1v) is 10.6. The van der Waals surface area contributed by atoms with Crippen LogP contribution >= 0.6 is 0 Å². The molecule has 1 amide bonds. The Bertz CT molecular complexity index is 1180. The molecule has 0 aliphatic carbocycles. The average molecular weight is 435 g/mol. The van der Waals surface area contributed by atoms with Crippen LogP contribution in [0.25, 0.3) is 10.8 Å². The quantitative estimate of drug-likeness (QED) is 0.571. The number of amides is 1. The number of morpholine rings is 1. The lowest BCUT2D eigenvalue weighted by Crippen LogP contribution is -2.49. The van der Waals surface area contributed by atoms with Crippen LogP contribution in [0.5, 0.6) is 0 Å². The van der Waals surface area contributed by atoms with Crippen molar-refractivity contribution in [3.05, 3.63) is 76.2 Å². The van der Waals surface area contributed by atoms with E-state index in [2.05, 4.69) is 5.10 Å². The van der Waals surface area contributed by atoms with Gasteiger partial charge in [-0.05, 0) is 25.5 Å². The maximum atomic E-state index is 12.9. The number of benzene rings is 2. The molecule has 1 aliphatic rings. The number of hydrogen-bond donors (Lipinski definition) is 0. The Morgan fingerprint density at radius 1 is 1.00 bits per heavy atom. The number of esters is 1. The van der Waals surface area contributed by atoms with Crippen LogP contribution in [-0.4, -0.2) is 58.5 Å². The van der Waals surface area contributed by atoms with Crippen LogP contribution in [0.3, 0.4) is 0 Å². The molecule has 8 nitrogen and oxygen atoms in total. The zero-order valence-corrected chi connectivity index (χ0v) is 18.1. The van der Waals surface area contributed by atoms with Crippen molar-refractivity contribution in [1.29, 1.82) is 0 Å². The van der Waals surface area contributed by atoms with Crippen LogP contribution < -0.4 is 5.56 Å². The van der Waals surface area contributed by atoms with E-state index in [4.69, 9.17) is 9.47 Å². The third kappa shape index (κ3) is 4.70. The van der Waals surface area contributed by atoms with Crippen molar-refractivity contribution in [1.82, 2.24) is 14.7 Å². The molecule has 1 aromatic heterocycles. The number of ether oxygens (including phenoxy) is 2. The number of nitrogens with zero attached hydrogens (tertiary/aromatic N) is 3. The molecule has 0 saturated carbocycles. The van der Waals surface area contributed by atoms with Crippen LogP contribution in [-0.2, 0) is 20.8 Å². The molecule has 3 aromatic rings. The van der Waals surface area contributed by atoms with E-state index in [1.165, 1.54) is 4.68 Å². The van der Waals surface area contributed by atoms with E-state index in [1.807, 2.05) is 44.2 Å². The van der Waals surface area contributed by atoms with Crippen molar-refractivity contribution in [3.63, 3.8) is 0 Å². The first kappa shape index (κ1) is 21.7. The minimum atomic E-state index is -0.745. The van der Waals surface area contributed by atoms with Crippen molar-refractivity contribution < 1.29 is 19.1 Å². The van der Waals surface area contributed by atoms with Crippen LogP contribution in [0.4, 0.5) is 0 Å². The summed E-state index contributed by atoms with van der Waals surface area (Å²) >= 11 is 0. The number of hydrogen-bond acceptors (Lipinski definition) is 6. The molecule has 8 heteroatoms. The molecule has 0 N–H and O–H groups in total. The summed E-state index contributed by atoms with van der Waals surface area (Å²) in [5.74, 6) is -1.03. The zero-order chi connectivity index (χ0) is 22.7. The van der Waals surface area contributed by atoms with Gasteiger partial charge >= 0.3 is 5.97 Å². The number of carbonyl (C=O) groups is 2. The molecule has 166 valence electrons. The Hall–Kier alpha value is -3.52. The zero-order valence-electron chi connectivity index (χ0n) is 18.1. The lowest BCUT2D eigenvalue weighted by atomic mass is 10.1. The predicted octanol–water partition coefficient (Wildman–Crippen LogP) is 2.24. The van der Waals surface area contributed by atoms with E-state index in [1.54, 1.807) is 29.2 Å². The molecular weight excluding hydrogens is 410 g/mol. The lowest BCUT2D eigenvalue weighted by molar-refractivity contribution is -0.146. The standard InChI is InChI=1S/C24H25N3O5/c1-16-12-26(13-17(2)32-16)21(28)15-31-24(30)22-19-10-6-7-11-20(19)23(29)27(25-22)14-18-8-4-3-5-9-18/h3-11,16-17H,12-15H2,1-2H3. The van der Waals surface area contributed by atoms with Crippen LogP contribution in [0.15, 0.2) is 59.4 Å². The van der Waals surface area contributed by atoms with E-state index in [0.717, 1.165) is 5.56 Å². The molecule has 2 aromatic carbocycles. The van der Waals surface area contributed by atoms with Gasteiger partial charge in [-0.15, -0.1) is 0 Å². The number of carbonyl (C=O) groups excluding carboxylic acids is 2. The molecule has 0 bridgehead atoms. The Morgan fingerprint density at radius 3 is 2.31 bits per heavy atom. The van der Waals surface area contributed by atoms with Crippen molar-refractivity contribution in [2.45, 2.75) is 32.6 Å². The first-order chi connectivity index (χ1) is 15.4. The van der Waals surface area contributed by atoms with Crippen LogP contribution in [0, 0.1) is 0 Å². The Kier molecular flexibility index (Phi) is 6.32. The highest BCUT2D eigenvalue weighted by Crippen LogP contribution is 2.16. The Balaban J connectivity index is 1.57. The SMILES string of the molecule is CC1CN(C(=O)COC(=O)c2nn(Cc3ccccc3)c(=O)c3ccccc23)CC(C)O1. The highest BCUT2D eigenvalue weighted by Gasteiger charge is 2.27. The van der Waals surface area contributed by atoms with Gasteiger partial charge in [0.2, 0.25) is 0 Å². The molecule has 4 rings (SSSR count). The highest BCUT2D eigenvalue weighted by molar-refractivity contribution is 6.02. The van der Waals surface area contributed by atoms with Crippen molar-refractivity contribution in [3.8, 4) is 0 Å². The maximum Gasteiger partial charge on any atom is 0.359 e. The van der Waals surface area contributed by atoms with Gasteiger partial charge in [0, 0.05) is 18.5 Å². The predicted molar refractivity (Wildman–Crippen MR) is 118 cm³/mol. The molecule has 1 aliphatic heterocycles. The summed E-state index contributed by atoms with van der Waals surface area (Å²) in [4.78, 5) is 40.0. The van der Waals surface area contributed by atoms with Crippen molar-refractivity contribution in [2.75, 3.05) is 19.7 Å². The van der Waals surface area contributed by atoms with Gasteiger partial charge in [-0.1, -0.05) is 48.5 Å². The lowest BCUT2D eigenvalue weighted by Gasteiger charge is -2.35. The van der Waals surface area contributed by atoms with Gasteiger partial charge in [-0.25, -0.2) is 9.48 Å². The fourth-order valence-corrected chi connectivity index (χ4v) is 3.92. The van der Waals surface area contributed by atoms with Gasteiger partial charge in [0.1, 0.15) is 0 Å². The number of aromatic nitrogens is 2. The molecule has 2 heterocycles. The maximum absolute atomic E-state index is 12.9. The monoisotopic (exact) mass is 435 g/mol. The summed E-state index contributed by atoms with van der Waals surface area (Å²) < 4.78 is 12.2. The molecule has 2 unspecified atom stereocenters. The van der Waals surface area contributed by atoms with Gasteiger partial charge in [-0.2, -0.15) is 5.10 Å². The minimum Gasteiger partial charge on any atom is -0.451 e. The van der Waals surface area contributed by atoms with E-state index >= 15 is 0 Å². The molecule has 1 fully saturated rings. The summed E-state index contributed by atoms with van der Waals surface area (Å²) in [6.45, 7) is 4.51. The second-order valence-electron chi connectivity index (χ2n) is 7.97. The smallest absolute Gasteiger partial charge is 0.359 e. The van der Waals surface area contributed by atoms with Crippen molar-refractivity contribution >= 4 is 22.6 Å². The summed E-state index contributed by atoms with van der Waals surface area (Å²) in [5.41, 5.74) is 0.587. The third-order valence-electron chi connectivity index (χ3n) is 5.34. The average Bonchev–Trinajstić information content (AvgIpc) is 2.79. The Morgan fingerprint density at radius 2 is 1.62 bits per heavy atom. The second kappa shape index (κ2) is 9.32. The van der Waals surface area contributed by atoms with E-state index in [9.17, 15) is 14.4 Å². The molecule has 32 heavy (non-hydrogen) atoms. The fraction of sp³-hybridized carbons (Fsp3) is 0.333. The van der Waals surface area contributed by atoms with Crippen molar-refractivity contribution in [2.24, 2.45) is 0 Å². The number of fused-ring (bicyclic) bond motifs is 1. The number of rotatable bonds is 5. The Labute approximate surface area is 185 Å². The van der Waals surface area contributed by atoms with Crippen LogP contribution in [0.1, 0.15) is 29.9 Å². The molecule has 0 radical (unpaired) electrons.